The monoisotopic (exact) mass is 253 g/mol. The number of nitrogens with zero attached hydrogens (tertiary/aromatic N) is 2. The van der Waals surface area contributed by atoms with E-state index in [4.69, 9.17) is 5.73 Å². The molecule has 0 aliphatic rings. The molecule has 2 rings (SSSR count). The average molecular weight is 254 g/mol. The number of fused-ring (bicyclic) bond motifs is 1. The average Bonchev–Trinajstić information content (AvgIpc) is 2.44. The minimum absolute atomic E-state index is 0.542. The number of halogens is 1. The fourth-order valence-corrected chi connectivity index (χ4v) is 2.47. The van der Waals surface area contributed by atoms with Gasteiger partial charge in [0.1, 0.15) is 0 Å². The first-order chi connectivity index (χ1) is 6.65. The van der Waals surface area contributed by atoms with Crippen LogP contribution in [-0.4, -0.2) is 9.78 Å². The summed E-state index contributed by atoms with van der Waals surface area (Å²) < 4.78 is 2.94. The maximum Gasteiger partial charge on any atom is 0.0827 e. The Morgan fingerprint density at radius 3 is 2.86 bits per heavy atom. The van der Waals surface area contributed by atoms with Crippen molar-refractivity contribution in [3.8, 4) is 0 Å². The van der Waals surface area contributed by atoms with Crippen molar-refractivity contribution in [2.45, 2.75) is 13.5 Å². The molecule has 0 saturated heterocycles. The topological polar surface area (TPSA) is 43.8 Å². The minimum Gasteiger partial charge on any atom is -0.326 e. The highest BCUT2D eigenvalue weighted by atomic mass is 79.9. The molecule has 0 radical (unpaired) electrons. The summed E-state index contributed by atoms with van der Waals surface area (Å²) in [5.74, 6) is 0. The van der Waals surface area contributed by atoms with Gasteiger partial charge in [-0.15, -0.1) is 0 Å². The lowest BCUT2D eigenvalue weighted by atomic mass is 10.1. The molecule has 1 heterocycles. The van der Waals surface area contributed by atoms with Crippen molar-refractivity contribution >= 4 is 26.8 Å². The Bertz CT molecular complexity index is 488. The van der Waals surface area contributed by atoms with Gasteiger partial charge in [-0.05, 0) is 28.4 Å². The summed E-state index contributed by atoms with van der Waals surface area (Å²) >= 11 is 3.57. The minimum atomic E-state index is 0.542. The molecule has 3 nitrogen and oxygen atoms in total. The summed E-state index contributed by atoms with van der Waals surface area (Å²) in [5.41, 5.74) is 8.91. The molecule has 2 N–H and O–H groups in total. The second-order valence-corrected chi connectivity index (χ2v) is 4.14. The third kappa shape index (κ3) is 1.26. The number of nitrogens with two attached hydrogens (primary N) is 1. The Hall–Kier alpha value is -0.870. The highest BCUT2D eigenvalue weighted by Gasteiger charge is 2.10. The van der Waals surface area contributed by atoms with Crippen LogP contribution in [0.25, 0.3) is 10.9 Å². The molecule has 0 saturated carbocycles. The molecule has 0 aliphatic heterocycles. The van der Waals surface area contributed by atoms with E-state index < -0.39 is 0 Å². The van der Waals surface area contributed by atoms with Crippen LogP contribution in [0.15, 0.2) is 16.6 Å². The fraction of sp³-hybridized carbons (Fsp3) is 0.300. The quantitative estimate of drug-likeness (QED) is 0.846. The van der Waals surface area contributed by atoms with Gasteiger partial charge in [0.05, 0.1) is 11.2 Å². The van der Waals surface area contributed by atoms with E-state index >= 15 is 0 Å². The molecule has 0 spiro atoms. The van der Waals surface area contributed by atoms with Crippen molar-refractivity contribution in [1.82, 2.24) is 9.78 Å². The lowest BCUT2D eigenvalue weighted by Gasteiger charge is -2.03. The highest BCUT2D eigenvalue weighted by Crippen LogP contribution is 2.28. The van der Waals surface area contributed by atoms with E-state index in [0.29, 0.717) is 6.54 Å². The number of aryl methyl sites for hydroxylation is 2. The SMILES string of the molecule is Cc1nn(C)c2c(Br)c(CN)ccc12. The van der Waals surface area contributed by atoms with Gasteiger partial charge in [0.25, 0.3) is 0 Å². The molecule has 4 heteroatoms. The summed E-state index contributed by atoms with van der Waals surface area (Å²) in [4.78, 5) is 0. The molecule has 2 aromatic rings. The van der Waals surface area contributed by atoms with E-state index in [1.807, 2.05) is 24.7 Å². The predicted octanol–water partition coefficient (Wildman–Crippen LogP) is 2.10. The van der Waals surface area contributed by atoms with Crippen LogP contribution < -0.4 is 5.73 Å². The second kappa shape index (κ2) is 3.37. The molecule has 74 valence electrons. The van der Waals surface area contributed by atoms with Gasteiger partial charge in [0.2, 0.25) is 0 Å². The van der Waals surface area contributed by atoms with Crippen LogP contribution in [0.4, 0.5) is 0 Å². The van der Waals surface area contributed by atoms with Crippen LogP contribution in [0.5, 0.6) is 0 Å². The second-order valence-electron chi connectivity index (χ2n) is 3.35. The van der Waals surface area contributed by atoms with Crippen molar-refractivity contribution in [1.29, 1.82) is 0 Å². The molecule has 0 unspecified atom stereocenters. The van der Waals surface area contributed by atoms with Crippen LogP contribution >= 0.6 is 15.9 Å². The van der Waals surface area contributed by atoms with Crippen molar-refractivity contribution in [3.05, 3.63) is 27.9 Å². The molecule has 0 bridgehead atoms. The number of hydrogen-bond donors (Lipinski definition) is 1. The Kier molecular flexibility index (Phi) is 2.33. The molecule has 0 fully saturated rings. The van der Waals surface area contributed by atoms with Crippen LogP contribution in [0.2, 0.25) is 0 Å². The summed E-state index contributed by atoms with van der Waals surface area (Å²) in [5, 5.41) is 5.55. The zero-order valence-corrected chi connectivity index (χ0v) is 9.80. The first kappa shape index (κ1) is 9.68. The Balaban J connectivity index is 2.87. The Labute approximate surface area is 91.0 Å². The molecule has 0 amide bonds. The lowest BCUT2D eigenvalue weighted by Crippen LogP contribution is -1.99. The third-order valence-electron chi connectivity index (χ3n) is 2.43. The van der Waals surface area contributed by atoms with E-state index in [-0.39, 0.29) is 0 Å². The zero-order valence-electron chi connectivity index (χ0n) is 8.21. The third-order valence-corrected chi connectivity index (χ3v) is 3.31. The Morgan fingerprint density at radius 1 is 1.50 bits per heavy atom. The molecular formula is C10H12BrN3. The van der Waals surface area contributed by atoms with E-state index in [1.54, 1.807) is 0 Å². The Morgan fingerprint density at radius 2 is 2.21 bits per heavy atom. The first-order valence-corrected chi connectivity index (χ1v) is 5.25. The van der Waals surface area contributed by atoms with Gasteiger partial charge >= 0.3 is 0 Å². The fourth-order valence-electron chi connectivity index (χ4n) is 1.70. The van der Waals surface area contributed by atoms with Crippen LogP contribution in [0.1, 0.15) is 11.3 Å². The normalized spacial score (nSPS) is 11.1. The number of aromatic nitrogens is 2. The largest absolute Gasteiger partial charge is 0.326 e. The van der Waals surface area contributed by atoms with Gasteiger partial charge in [-0.25, -0.2) is 0 Å². The van der Waals surface area contributed by atoms with E-state index in [9.17, 15) is 0 Å². The summed E-state index contributed by atoms with van der Waals surface area (Å²) in [7, 11) is 1.94. The van der Waals surface area contributed by atoms with Crippen LogP contribution in [0.3, 0.4) is 0 Å². The maximum absolute atomic E-state index is 5.64. The zero-order chi connectivity index (χ0) is 10.3. The van der Waals surface area contributed by atoms with Gasteiger partial charge in [0.15, 0.2) is 0 Å². The predicted molar refractivity (Wildman–Crippen MR) is 61.0 cm³/mol. The van der Waals surface area contributed by atoms with Crippen molar-refractivity contribution in [2.24, 2.45) is 12.8 Å². The van der Waals surface area contributed by atoms with Gasteiger partial charge in [-0.1, -0.05) is 12.1 Å². The highest BCUT2D eigenvalue weighted by molar-refractivity contribution is 9.10. The van der Waals surface area contributed by atoms with Gasteiger partial charge < -0.3 is 5.73 Å². The summed E-state index contributed by atoms with van der Waals surface area (Å²) in [6.45, 7) is 2.55. The van der Waals surface area contributed by atoms with Crippen molar-refractivity contribution in [3.63, 3.8) is 0 Å². The van der Waals surface area contributed by atoms with Crippen LogP contribution in [0, 0.1) is 6.92 Å². The number of benzene rings is 1. The summed E-state index contributed by atoms with van der Waals surface area (Å²) in [6.07, 6.45) is 0. The number of rotatable bonds is 1. The van der Waals surface area contributed by atoms with E-state index in [2.05, 4.69) is 27.1 Å². The standard InChI is InChI=1S/C10H12BrN3/c1-6-8-4-3-7(5-12)9(11)10(8)14(2)13-6/h3-4H,5,12H2,1-2H3. The molecular weight excluding hydrogens is 242 g/mol. The van der Waals surface area contributed by atoms with Gasteiger partial charge in [-0.3, -0.25) is 4.68 Å². The molecule has 0 atom stereocenters. The van der Waals surface area contributed by atoms with Gasteiger partial charge in [0, 0.05) is 23.5 Å². The van der Waals surface area contributed by atoms with Crippen molar-refractivity contribution in [2.75, 3.05) is 0 Å². The molecule has 0 aliphatic carbocycles. The molecule has 14 heavy (non-hydrogen) atoms. The van der Waals surface area contributed by atoms with Crippen molar-refractivity contribution < 1.29 is 0 Å². The first-order valence-electron chi connectivity index (χ1n) is 4.46. The summed E-state index contributed by atoms with van der Waals surface area (Å²) in [6, 6.07) is 4.12. The lowest BCUT2D eigenvalue weighted by molar-refractivity contribution is 0.781. The maximum atomic E-state index is 5.64. The van der Waals surface area contributed by atoms with E-state index in [1.165, 1.54) is 5.39 Å². The molecule has 1 aromatic carbocycles. The van der Waals surface area contributed by atoms with E-state index in [0.717, 1.165) is 21.2 Å². The smallest absolute Gasteiger partial charge is 0.0827 e. The molecule has 1 aromatic heterocycles. The van der Waals surface area contributed by atoms with Crippen LogP contribution in [-0.2, 0) is 13.6 Å². The number of hydrogen-bond acceptors (Lipinski definition) is 2. The van der Waals surface area contributed by atoms with Gasteiger partial charge in [-0.2, -0.15) is 5.10 Å².